The summed E-state index contributed by atoms with van der Waals surface area (Å²) in [5.41, 5.74) is 0.339. The molecule has 0 saturated carbocycles. The number of hydrogen-bond acceptors (Lipinski definition) is 2. The van der Waals surface area contributed by atoms with Gasteiger partial charge < -0.3 is 10.1 Å². The summed E-state index contributed by atoms with van der Waals surface area (Å²) in [6.45, 7) is 0.367. The molecule has 2 aromatic carbocycles. The van der Waals surface area contributed by atoms with Gasteiger partial charge in [0.15, 0.2) is 11.6 Å². The Kier molecular flexibility index (Phi) is 4.28. The summed E-state index contributed by atoms with van der Waals surface area (Å²) in [6, 6.07) is 9.89. The van der Waals surface area contributed by atoms with Crippen molar-refractivity contribution in [3.63, 3.8) is 0 Å². The number of rotatable bonds is 5. The Balaban J connectivity index is 1.84. The van der Waals surface area contributed by atoms with Gasteiger partial charge in [-0.25, -0.2) is 8.78 Å². The van der Waals surface area contributed by atoms with Crippen LogP contribution < -0.4 is 10.1 Å². The fraction of sp³-hybridized carbons (Fsp3) is 0.143. The van der Waals surface area contributed by atoms with Gasteiger partial charge in [-0.3, -0.25) is 0 Å². The standard InChI is InChI=1S/C14H12F3NO/c15-10-4-1-2-6-12(10)18-8-9-19-13-7-3-5-11(16)14(13)17/h1-7,18H,8-9H2. The molecule has 0 heterocycles. The highest BCUT2D eigenvalue weighted by atomic mass is 19.2. The van der Waals surface area contributed by atoms with Crippen LogP contribution in [0.5, 0.6) is 5.75 Å². The van der Waals surface area contributed by atoms with Crippen molar-refractivity contribution in [2.24, 2.45) is 0 Å². The fourth-order valence-corrected chi connectivity index (χ4v) is 1.55. The van der Waals surface area contributed by atoms with Crippen LogP contribution in [-0.4, -0.2) is 13.2 Å². The summed E-state index contributed by atoms with van der Waals surface area (Å²) in [6.07, 6.45) is 0. The SMILES string of the molecule is Fc1ccccc1NCCOc1cccc(F)c1F. The molecule has 0 atom stereocenters. The zero-order valence-corrected chi connectivity index (χ0v) is 10.00. The molecule has 0 aliphatic carbocycles. The molecule has 1 N–H and O–H groups in total. The number of nitrogens with one attached hydrogen (secondary N) is 1. The van der Waals surface area contributed by atoms with Crippen molar-refractivity contribution in [1.82, 2.24) is 0 Å². The molecular formula is C14H12F3NO. The molecule has 2 aromatic rings. The summed E-state index contributed by atoms with van der Waals surface area (Å²) in [4.78, 5) is 0. The smallest absolute Gasteiger partial charge is 0.200 e. The lowest BCUT2D eigenvalue weighted by molar-refractivity contribution is 0.308. The van der Waals surface area contributed by atoms with Crippen molar-refractivity contribution in [1.29, 1.82) is 0 Å². The van der Waals surface area contributed by atoms with Crippen LogP contribution in [0.25, 0.3) is 0 Å². The average molecular weight is 267 g/mol. The van der Waals surface area contributed by atoms with Crippen LogP contribution in [0.4, 0.5) is 18.9 Å². The Bertz CT molecular complexity index is 560. The molecule has 0 fully saturated rings. The summed E-state index contributed by atoms with van der Waals surface area (Å²) < 4.78 is 44.4. The van der Waals surface area contributed by atoms with Crippen LogP contribution in [0, 0.1) is 17.5 Å². The number of hydrogen-bond donors (Lipinski definition) is 1. The second kappa shape index (κ2) is 6.13. The molecule has 0 amide bonds. The first-order valence-corrected chi connectivity index (χ1v) is 5.73. The summed E-state index contributed by atoms with van der Waals surface area (Å²) >= 11 is 0. The molecule has 0 aliphatic heterocycles. The van der Waals surface area contributed by atoms with E-state index in [1.807, 2.05) is 0 Å². The maximum atomic E-state index is 13.2. The second-order valence-electron chi connectivity index (χ2n) is 3.81. The van der Waals surface area contributed by atoms with Gasteiger partial charge in [-0.15, -0.1) is 0 Å². The van der Waals surface area contributed by atoms with E-state index in [1.165, 1.54) is 18.2 Å². The Morgan fingerprint density at radius 2 is 1.63 bits per heavy atom. The van der Waals surface area contributed by atoms with Crippen molar-refractivity contribution in [3.8, 4) is 5.75 Å². The average Bonchev–Trinajstić information content (AvgIpc) is 2.41. The normalized spacial score (nSPS) is 10.3. The summed E-state index contributed by atoms with van der Waals surface area (Å²) in [5.74, 6) is -2.51. The largest absolute Gasteiger partial charge is 0.489 e. The third-order valence-electron chi connectivity index (χ3n) is 2.47. The Morgan fingerprint density at radius 3 is 2.42 bits per heavy atom. The van der Waals surface area contributed by atoms with E-state index in [9.17, 15) is 13.2 Å². The van der Waals surface area contributed by atoms with E-state index in [0.717, 1.165) is 6.07 Å². The predicted molar refractivity (Wildman–Crippen MR) is 66.7 cm³/mol. The van der Waals surface area contributed by atoms with E-state index in [-0.39, 0.29) is 24.7 Å². The molecule has 0 aliphatic rings. The lowest BCUT2D eigenvalue weighted by atomic mass is 10.3. The number of benzene rings is 2. The van der Waals surface area contributed by atoms with Gasteiger partial charge in [-0.05, 0) is 24.3 Å². The van der Waals surface area contributed by atoms with Gasteiger partial charge in [0.05, 0.1) is 5.69 Å². The van der Waals surface area contributed by atoms with Crippen LogP contribution in [0.15, 0.2) is 42.5 Å². The van der Waals surface area contributed by atoms with E-state index < -0.39 is 11.6 Å². The minimum atomic E-state index is -1.02. The molecule has 0 bridgehead atoms. The molecule has 0 radical (unpaired) electrons. The van der Waals surface area contributed by atoms with Gasteiger partial charge in [-0.2, -0.15) is 4.39 Å². The Morgan fingerprint density at radius 1 is 0.895 bits per heavy atom. The fourth-order valence-electron chi connectivity index (χ4n) is 1.55. The van der Waals surface area contributed by atoms with Gasteiger partial charge in [-0.1, -0.05) is 18.2 Å². The molecule has 5 heteroatoms. The van der Waals surface area contributed by atoms with Gasteiger partial charge in [0.1, 0.15) is 12.4 Å². The summed E-state index contributed by atoms with van der Waals surface area (Å²) in [7, 11) is 0. The first-order chi connectivity index (χ1) is 9.18. The van der Waals surface area contributed by atoms with Gasteiger partial charge in [0.2, 0.25) is 5.82 Å². The zero-order valence-electron chi connectivity index (χ0n) is 10.00. The molecule has 2 rings (SSSR count). The first-order valence-electron chi connectivity index (χ1n) is 5.73. The van der Waals surface area contributed by atoms with Gasteiger partial charge in [0, 0.05) is 6.54 Å². The van der Waals surface area contributed by atoms with E-state index >= 15 is 0 Å². The molecule has 0 spiro atoms. The van der Waals surface area contributed by atoms with Crippen LogP contribution in [0.3, 0.4) is 0 Å². The molecule has 0 aromatic heterocycles. The predicted octanol–water partition coefficient (Wildman–Crippen LogP) is 3.59. The number of para-hydroxylation sites is 1. The number of anilines is 1. The van der Waals surface area contributed by atoms with Crippen molar-refractivity contribution in [3.05, 3.63) is 59.9 Å². The molecule has 0 saturated heterocycles. The van der Waals surface area contributed by atoms with Crippen molar-refractivity contribution in [2.45, 2.75) is 0 Å². The molecular weight excluding hydrogens is 255 g/mol. The highest BCUT2D eigenvalue weighted by molar-refractivity contribution is 5.44. The van der Waals surface area contributed by atoms with Gasteiger partial charge in [0.25, 0.3) is 0 Å². The third kappa shape index (κ3) is 3.40. The first kappa shape index (κ1) is 13.3. The van der Waals surface area contributed by atoms with Crippen molar-refractivity contribution in [2.75, 3.05) is 18.5 Å². The lowest BCUT2D eigenvalue weighted by Crippen LogP contribution is -2.13. The summed E-state index contributed by atoms with van der Waals surface area (Å²) in [5, 5.41) is 2.80. The van der Waals surface area contributed by atoms with E-state index in [1.54, 1.807) is 18.2 Å². The molecule has 19 heavy (non-hydrogen) atoms. The maximum absolute atomic E-state index is 13.2. The van der Waals surface area contributed by atoms with Crippen molar-refractivity contribution >= 4 is 5.69 Å². The molecule has 2 nitrogen and oxygen atoms in total. The number of halogens is 3. The van der Waals surface area contributed by atoms with Crippen LogP contribution >= 0.6 is 0 Å². The molecule has 0 unspecified atom stereocenters. The Labute approximate surface area is 108 Å². The van der Waals surface area contributed by atoms with E-state index in [4.69, 9.17) is 4.74 Å². The van der Waals surface area contributed by atoms with Crippen molar-refractivity contribution < 1.29 is 17.9 Å². The molecule has 100 valence electrons. The highest BCUT2D eigenvalue weighted by Crippen LogP contribution is 2.19. The third-order valence-corrected chi connectivity index (χ3v) is 2.47. The second-order valence-corrected chi connectivity index (χ2v) is 3.81. The minimum Gasteiger partial charge on any atom is -0.489 e. The minimum absolute atomic E-state index is 0.0920. The number of ether oxygens (including phenoxy) is 1. The van der Waals surface area contributed by atoms with Crippen LogP contribution in [-0.2, 0) is 0 Å². The quantitative estimate of drug-likeness (QED) is 0.836. The van der Waals surface area contributed by atoms with E-state index in [2.05, 4.69) is 5.32 Å². The van der Waals surface area contributed by atoms with Gasteiger partial charge >= 0.3 is 0 Å². The lowest BCUT2D eigenvalue weighted by Gasteiger charge is -2.09. The monoisotopic (exact) mass is 267 g/mol. The van der Waals surface area contributed by atoms with Crippen LogP contribution in [0.1, 0.15) is 0 Å². The van der Waals surface area contributed by atoms with Crippen LogP contribution in [0.2, 0.25) is 0 Å². The topological polar surface area (TPSA) is 21.3 Å². The maximum Gasteiger partial charge on any atom is 0.200 e. The Hall–Kier alpha value is -2.17. The highest BCUT2D eigenvalue weighted by Gasteiger charge is 2.08. The van der Waals surface area contributed by atoms with E-state index in [0.29, 0.717) is 5.69 Å². The zero-order chi connectivity index (χ0) is 13.7.